The van der Waals surface area contributed by atoms with Crippen molar-refractivity contribution in [3.8, 4) is 11.3 Å². The molecule has 4 N–H and O–H groups in total. The Morgan fingerprint density at radius 1 is 1.03 bits per heavy atom. The Balaban J connectivity index is 1.53. The maximum absolute atomic E-state index is 13.1. The van der Waals surface area contributed by atoms with Crippen molar-refractivity contribution in [2.75, 3.05) is 39.3 Å². The summed E-state index contributed by atoms with van der Waals surface area (Å²) in [5, 5.41) is 9.94. The number of fused-ring (bicyclic) bond motifs is 3. The van der Waals surface area contributed by atoms with Crippen molar-refractivity contribution in [2.24, 2.45) is 5.73 Å². The molecule has 0 aliphatic carbocycles. The van der Waals surface area contributed by atoms with Crippen LogP contribution < -0.4 is 5.73 Å². The number of primary amides is 1. The largest absolute Gasteiger partial charge is 0.395 e. The summed E-state index contributed by atoms with van der Waals surface area (Å²) < 4.78 is 0. The molecule has 2 aromatic heterocycles. The zero-order chi connectivity index (χ0) is 22.9. The number of amides is 2. The first-order valence-corrected chi connectivity index (χ1v) is 11.0. The summed E-state index contributed by atoms with van der Waals surface area (Å²) in [5.74, 6) is -0.574. The molecule has 0 bridgehead atoms. The van der Waals surface area contributed by atoms with E-state index in [1.54, 1.807) is 12.1 Å². The van der Waals surface area contributed by atoms with Crippen LogP contribution in [0.25, 0.3) is 33.2 Å². The Kier molecular flexibility index (Phi) is 5.53. The number of hydrogen-bond donors (Lipinski definition) is 3. The highest BCUT2D eigenvalue weighted by Crippen LogP contribution is 2.30. The average molecular weight is 444 g/mol. The number of carbonyl (C=O) groups is 2. The third kappa shape index (κ3) is 3.94. The van der Waals surface area contributed by atoms with Gasteiger partial charge in [0.1, 0.15) is 0 Å². The van der Waals surface area contributed by atoms with E-state index in [0.717, 1.165) is 29.6 Å². The molecule has 4 aromatic rings. The molecule has 1 aliphatic heterocycles. The van der Waals surface area contributed by atoms with Crippen molar-refractivity contribution < 1.29 is 14.7 Å². The molecule has 33 heavy (non-hydrogen) atoms. The quantitative estimate of drug-likeness (QED) is 0.438. The fraction of sp³-hybridized carbons (Fsp3) is 0.240. The number of aliphatic hydroxyl groups is 1. The van der Waals surface area contributed by atoms with E-state index in [9.17, 15) is 9.59 Å². The van der Waals surface area contributed by atoms with Crippen LogP contribution in [-0.4, -0.2) is 76.0 Å². The number of nitrogens with zero attached hydrogens (tertiary/aromatic N) is 3. The van der Waals surface area contributed by atoms with Gasteiger partial charge in [0.05, 0.1) is 28.9 Å². The number of piperazine rings is 1. The number of H-pyrrole nitrogens is 1. The molecule has 0 radical (unpaired) electrons. The molecule has 0 saturated carbocycles. The number of rotatable bonds is 5. The Morgan fingerprint density at radius 2 is 1.79 bits per heavy atom. The summed E-state index contributed by atoms with van der Waals surface area (Å²) in [6.45, 7) is 3.49. The highest BCUT2D eigenvalue weighted by Gasteiger charge is 2.23. The fourth-order valence-electron chi connectivity index (χ4n) is 4.44. The highest BCUT2D eigenvalue weighted by atomic mass is 16.3. The SMILES string of the molecule is NC(=O)c1cc(-c2ccccc2)nc2c1[nH]c1cc(C(=O)N3CCN(CCO)CC3)ccc12. The first-order valence-electron chi connectivity index (χ1n) is 11.0. The van der Waals surface area contributed by atoms with Crippen molar-refractivity contribution in [3.05, 3.63) is 65.7 Å². The molecule has 2 amide bonds. The molecule has 5 rings (SSSR count). The molecule has 3 heterocycles. The Labute approximate surface area is 190 Å². The zero-order valence-electron chi connectivity index (χ0n) is 18.1. The number of nitrogens with two attached hydrogens (primary N) is 1. The third-order valence-corrected chi connectivity index (χ3v) is 6.21. The second-order valence-corrected chi connectivity index (χ2v) is 8.25. The van der Waals surface area contributed by atoms with Crippen molar-refractivity contribution in [1.29, 1.82) is 0 Å². The Hall–Kier alpha value is -3.75. The lowest BCUT2D eigenvalue weighted by Gasteiger charge is -2.34. The summed E-state index contributed by atoms with van der Waals surface area (Å²) in [4.78, 5) is 37.4. The van der Waals surface area contributed by atoms with Crippen LogP contribution in [0.15, 0.2) is 54.6 Å². The molecule has 1 fully saturated rings. The van der Waals surface area contributed by atoms with Gasteiger partial charge < -0.3 is 20.7 Å². The summed E-state index contributed by atoms with van der Waals surface area (Å²) in [5.41, 5.74) is 10.1. The molecule has 0 atom stereocenters. The van der Waals surface area contributed by atoms with E-state index in [4.69, 9.17) is 15.8 Å². The van der Waals surface area contributed by atoms with E-state index in [1.807, 2.05) is 47.4 Å². The van der Waals surface area contributed by atoms with Gasteiger partial charge in [0.15, 0.2) is 0 Å². The smallest absolute Gasteiger partial charge is 0.254 e. The van der Waals surface area contributed by atoms with Crippen LogP contribution in [0.4, 0.5) is 0 Å². The molecule has 168 valence electrons. The van der Waals surface area contributed by atoms with Gasteiger partial charge in [-0.1, -0.05) is 30.3 Å². The predicted octanol–water partition coefficient (Wildman–Crippen LogP) is 2.23. The normalized spacial score (nSPS) is 14.8. The number of carbonyl (C=O) groups excluding carboxylic acids is 2. The summed E-state index contributed by atoms with van der Waals surface area (Å²) in [7, 11) is 0. The highest BCUT2D eigenvalue weighted by molar-refractivity contribution is 6.14. The fourth-order valence-corrected chi connectivity index (χ4v) is 4.44. The Bertz CT molecular complexity index is 1340. The number of pyridine rings is 1. The number of hydrogen-bond acceptors (Lipinski definition) is 5. The number of aromatic nitrogens is 2. The monoisotopic (exact) mass is 443 g/mol. The maximum Gasteiger partial charge on any atom is 0.254 e. The van der Waals surface area contributed by atoms with E-state index in [1.165, 1.54) is 0 Å². The van der Waals surface area contributed by atoms with Gasteiger partial charge in [-0.05, 0) is 24.3 Å². The number of β-amino-alcohol motifs (C(OH)–C–C–N with tert-alkyl or cyclic N) is 1. The van der Waals surface area contributed by atoms with Crippen LogP contribution in [0.5, 0.6) is 0 Å². The molecular weight excluding hydrogens is 418 g/mol. The van der Waals surface area contributed by atoms with Crippen molar-refractivity contribution in [2.45, 2.75) is 0 Å². The van der Waals surface area contributed by atoms with Crippen molar-refractivity contribution >= 4 is 33.8 Å². The van der Waals surface area contributed by atoms with Crippen LogP contribution in [0, 0.1) is 0 Å². The van der Waals surface area contributed by atoms with Gasteiger partial charge >= 0.3 is 0 Å². The van der Waals surface area contributed by atoms with Gasteiger partial charge in [-0.25, -0.2) is 4.98 Å². The number of nitrogens with one attached hydrogen (secondary N) is 1. The minimum absolute atomic E-state index is 0.0349. The first-order chi connectivity index (χ1) is 16.0. The van der Waals surface area contributed by atoms with Crippen LogP contribution >= 0.6 is 0 Å². The van der Waals surface area contributed by atoms with Crippen LogP contribution in [0.3, 0.4) is 0 Å². The molecule has 0 spiro atoms. The van der Waals surface area contributed by atoms with Crippen LogP contribution in [-0.2, 0) is 0 Å². The number of benzene rings is 2. The van der Waals surface area contributed by atoms with E-state index in [2.05, 4.69) is 9.88 Å². The Morgan fingerprint density at radius 3 is 2.48 bits per heavy atom. The van der Waals surface area contributed by atoms with Gasteiger partial charge in [0, 0.05) is 54.8 Å². The van der Waals surface area contributed by atoms with E-state index in [-0.39, 0.29) is 12.5 Å². The standard InChI is InChI=1S/C25H25N5O3/c26-24(32)19-15-20(16-4-2-1-3-5-16)27-22-18-7-6-17(14-21(18)28-23(19)22)25(33)30-10-8-29(9-11-30)12-13-31/h1-7,14-15,28,31H,8-13H2,(H2,26,32). The zero-order valence-corrected chi connectivity index (χ0v) is 18.1. The molecule has 1 saturated heterocycles. The van der Waals surface area contributed by atoms with E-state index in [0.29, 0.717) is 47.5 Å². The summed E-state index contributed by atoms with van der Waals surface area (Å²) >= 11 is 0. The molecule has 0 unspecified atom stereocenters. The minimum atomic E-state index is -0.539. The first kappa shape index (κ1) is 21.1. The maximum atomic E-state index is 13.1. The van der Waals surface area contributed by atoms with Gasteiger partial charge in [0.2, 0.25) is 0 Å². The molecule has 8 nitrogen and oxygen atoms in total. The van der Waals surface area contributed by atoms with Crippen LogP contribution in [0.2, 0.25) is 0 Å². The molecule has 8 heteroatoms. The topological polar surface area (TPSA) is 116 Å². The van der Waals surface area contributed by atoms with Crippen LogP contribution in [0.1, 0.15) is 20.7 Å². The summed E-state index contributed by atoms with van der Waals surface area (Å²) in [6, 6.07) is 16.8. The lowest BCUT2D eigenvalue weighted by Crippen LogP contribution is -2.49. The summed E-state index contributed by atoms with van der Waals surface area (Å²) in [6.07, 6.45) is 0. The van der Waals surface area contributed by atoms with E-state index < -0.39 is 5.91 Å². The average Bonchev–Trinajstić information content (AvgIpc) is 3.22. The van der Waals surface area contributed by atoms with Gasteiger partial charge in [-0.2, -0.15) is 0 Å². The lowest BCUT2D eigenvalue weighted by molar-refractivity contribution is 0.0615. The lowest BCUT2D eigenvalue weighted by atomic mass is 10.1. The van der Waals surface area contributed by atoms with Gasteiger partial charge in [-0.15, -0.1) is 0 Å². The molecule has 2 aromatic carbocycles. The molecular formula is C25H25N5O3. The van der Waals surface area contributed by atoms with E-state index >= 15 is 0 Å². The van der Waals surface area contributed by atoms with Crippen molar-refractivity contribution in [3.63, 3.8) is 0 Å². The number of aliphatic hydroxyl groups excluding tert-OH is 1. The molecule has 1 aliphatic rings. The third-order valence-electron chi connectivity index (χ3n) is 6.21. The second-order valence-electron chi connectivity index (χ2n) is 8.25. The second kappa shape index (κ2) is 8.65. The van der Waals surface area contributed by atoms with Gasteiger partial charge in [-0.3, -0.25) is 14.5 Å². The number of aromatic amines is 1. The minimum Gasteiger partial charge on any atom is -0.395 e. The van der Waals surface area contributed by atoms with Crippen molar-refractivity contribution in [1.82, 2.24) is 19.8 Å². The predicted molar refractivity (Wildman–Crippen MR) is 127 cm³/mol. The van der Waals surface area contributed by atoms with Gasteiger partial charge in [0.25, 0.3) is 11.8 Å².